The zero-order chi connectivity index (χ0) is 17.6. The van der Waals surface area contributed by atoms with Gasteiger partial charge in [0.25, 0.3) is 5.91 Å². The van der Waals surface area contributed by atoms with E-state index in [1.807, 2.05) is 24.3 Å². The van der Waals surface area contributed by atoms with Gasteiger partial charge in [0.2, 0.25) is 0 Å². The van der Waals surface area contributed by atoms with Crippen LogP contribution in [-0.4, -0.2) is 5.91 Å². The maximum Gasteiger partial charge on any atom is 0.255 e. The van der Waals surface area contributed by atoms with E-state index in [4.69, 9.17) is 11.6 Å². The Labute approximate surface area is 155 Å². The van der Waals surface area contributed by atoms with Crippen molar-refractivity contribution in [2.45, 2.75) is 10.6 Å². The largest absolute Gasteiger partial charge is 0.322 e. The third-order valence-electron chi connectivity index (χ3n) is 3.54. The van der Waals surface area contributed by atoms with Crippen LogP contribution in [0.3, 0.4) is 0 Å². The van der Waals surface area contributed by atoms with Crippen molar-refractivity contribution in [2.24, 2.45) is 0 Å². The fourth-order valence-electron chi connectivity index (χ4n) is 2.19. The number of benzene rings is 3. The molecule has 2 nitrogen and oxygen atoms in total. The van der Waals surface area contributed by atoms with Crippen LogP contribution in [0.25, 0.3) is 0 Å². The van der Waals surface area contributed by atoms with Crippen molar-refractivity contribution in [1.82, 2.24) is 0 Å². The smallest absolute Gasteiger partial charge is 0.255 e. The Kier molecular flexibility index (Phi) is 5.74. The van der Waals surface area contributed by atoms with Crippen LogP contribution in [0.4, 0.5) is 10.1 Å². The molecule has 0 saturated heterocycles. The predicted octanol–water partition coefficient (Wildman–Crippen LogP) is 6.02. The molecule has 0 bridgehead atoms. The normalized spacial score (nSPS) is 10.5. The van der Waals surface area contributed by atoms with E-state index >= 15 is 0 Å². The van der Waals surface area contributed by atoms with Crippen LogP contribution in [0.1, 0.15) is 15.9 Å². The zero-order valence-electron chi connectivity index (χ0n) is 13.2. The lowest BCUT2D eigenvalue weighted by atomic mass is 10.2. The van der Waals surface area contributed by atoms with Crippen molar-refractivity contribution in [2.75, 3.05) is 5.32 Å². The fourth-order valence-corrected chi connectivity index (χ4v) is 3.17. The molecule has 0 fully saturated rings. The number of anilines is 1. The van der Waals surface area contributed by atoms with E-state index in [-0.39, 0.29) is 11.7 Å². The summed E-state index contributed by atoms with van der Waals surface area (Å²) >= 11 is 7.46. The SMILES string of the molecule is O=C(Nc1ccc(CSc2ccc(F)cc2)cc1)c1ccc(Cl)cc1. The number of halogens is 2. The van der Waals surface area contributed by atoms with Gasteiger partial charge < -0.3 is 5.32 Å². The van der Waals surface area contributed by atoms with Crippen molar-refractivity contribution in [3.05, 3.63) is 94.8 Å². The van der Waals surface area contributed by atoms with Crippen molar-refractivity contribution in [3.63, 3.8) is 0 Å². The summed E-state index contributed by atoms with van der Waals surface area (Å²) in [6.07, 6.45) is 0. The predicted molar refractivity (Wildman–Crippen MR) is 102 cm³/mol. The van der Waals surface area contributed by atoms with Crippen LogP contribution in [-0.2, 0) is 5.75 Å². The number of nitrogens with one attached hydrogen (secondary N) is 1. The Morgan fingerprint density at radius 3 is 2.20 bits per heavy atom. The van der Waals surface area contributed by atoms with E-state index in [0.717, 1.165) is 21.9 Å². The second kappa shape index (κ2) is 8.19. The van der Waals surface area contributed by atoms with Gasteiger partial charge in [-0.25, -0.2) is 4.39 Å². The summed E-state index contributed by atoms with van der Waals surface area (Å²) in [5.41, 5.74) is 2.41. The highest BCUT2D eigenvalue weighted by atomic mass is 35.5. The van der Waals surface area contributed by atoms with Gasteiger partial charge in [-0.15, -0.1) is 11.8 Å². The van der Waals surface area contributed by atoms with Crippen LogP contribution < -0.4 is 5.32 Å². The average molecular weight is 372 g/mol. The summed E-state index contributed by atoms with van der Waals surface area (Å²) in [5.74, 6) is 0.368. The van der Waals surface area contributed by atoms with E-state index in [9.17, 15) is 9.18 Å². The molecule has 1 N–H and O–H groups in total. The molecule has 0 saturated carbocycles. The Hall–Kier alpha value is -2.30. The van der Waals surface area contributed by atoms with Gasteiger partial charge in [0.05, 0.1) is 0 Å². The van der Waals surface area contributed by atoms with Gasteiger partial charge in [0, 0.05) is 26.9 Å². The molecule has 0 aliphatic carbocycles. The summed E-state index contributed by atoms with van der Waals surface area (Å²) in [4.78, 5) is 13.2. The minimum Gasteiger partial charge on any atom is -0.322 e. The molecule has 0 heterocycles. The molecule has 0 aliphatic heterocycles. The number of hydrogen-bond acceptors (Lipinski definition) is 2. The molecule has 3 aromatic rings. The van der Waals surface area contributed by atoms with Crippen LogP contribution in [0.5, 0.6) is 0 Å². The molecule has 3 rings (SSSR count). The van der Waals surface area contributed by atoms with Crippen molar-refractivity contribution < 1.29 is 9.18 Å². The summed E-state index contributed by atoms with van der Waals surface area (Å²) in [5, 5.41) is 3.45. The van der Waals surface area contributed by atoms with Crippen molar-refractivity contribution in [1.29, 1.82) is 0 Å². The third kappa shape index (κ3) is 5.08. The Morgan fingerprint density at radius 2 is 1.56 bits per heavy atom. The molecular formula is C20H15ClFNOS. The first-order valence-electron chi connectivity index (χ1n) is 7.64. The number of rotatable bonds is 5. The van der Waals surface area contributed by atoms with Gasteiger partial charge in [-0.3, -0.25) is 4.79 Å². The highest BCUT2D eigenvalue weighted by molar-refractivity contribution is 7.98. The summed E-state index contributed by atoms with van der Waals surface area (Å²) in [6.45, 7) is 0. The molecule has 3 aromatic carbocycles. The highest BCUT2D eigenvalue weighted by Crippen LogP contribution is 2.23. The van der Waals surface area contributed by atoms with Gasteiger partial charge in [-0.05, 0) is 66.2 Å². The Morgan fingerprint density at radius 1 is 0.920 bits per heavy atom. The number of hydrogen-bond donors (Lipinski definition) is 1. The highest BCUT2D eigenvalue weighted by Gasteiger charge is 2.06. The van der Waals surface area contributed by atoms with E-state index in [2.05, 4.69) is 5.32 Å². The minimum absolute atomic E-state index is 0.176. The summed E-state index contributed by atoms with van der Waals surface area (Å²) in [6, 6.07) is 20.9. The molecule has 0 radical (unpaired) electrons. The number of thioether (sulfide) groups is 1. The van der Waals surface area contributed by atoms with Gasteiger partial charge in [-0.1, -0.05) is 23.7 Å². The second-order valence-corrected chi connectivity index (χ2v) is 6.89. The van der Waals surface area contributed by atoms with Crippen molar-refractivity contribution in [3.8, 4) is 0 Å². The Bertz CT molecular complexity index is 848. The van der Waals surface area contributed by atoms with Gasteiger partial charge >= 0.3 is 0 Å². The topological polar surface area (TPSA) is 29.1 Å². The number of carbonyl (C=O) groups excluding carboxylic acids is 1. The second-order valence-electron chi connectivity index (χ2n) is 5.40. The first-order chi connectivity index (χ1) is 12.1. The average Bonchev–Trinajstić information content (AvgIpc) is 2.63. The lowest BCUT2D eigenvalue weighted by molar-refractivity contribution is 0.102. The quantitative estimate of drug-likeness (QED) is 0.555. The zero-order valence-corrected chi connectivity index (χ0v) is 14.8. The standard InChI is InChI=1S/C20H15ClFNOS/c21-16-5-3-15(4-6-16)20(24)23-18-9-1-14(2-10-18)13-25-19-11-7-17(22)8-12-19/h1-12H,13H2,(H,23,24). The number of amides is 1. The third-order valence-corrected chi connectivity index (χ3v) is 4.87. The molecule has 0 spiro atoms. The van der Waals surface area contributed by atoms with Crippen LogP contribution >= 0.6 is 23.4 Å². The van der Waals surface area contributed by atoms with E-state index in [0.29, 0.717) is 10.6 Å². The minimum atomic E-state index is -0.231. The van der Waals surface area contributed by atoms with Gasteiger partial charge in [0.15, 0.2) is 0 Å². The first kappa shape index (κ1) is 17.5. The molecule has 0 aliphatic rings. The molecule has 5 heteroatoms. The van der Waals surface area contributed by atoms with Crippen molar-refractivity contribution >= 4 is 35.0 Å². The molecule has 25 heavy (non-hydrogen) atoms. The molecule has 0 unspecified atom stereocenters. The van der Waals surface area contributed by atoms with E-state index in [1.165, 1.54) is 12.1 Å². The fraction of sp³-hybridized carbons (Fsp3) is 0.0500. The maximum atomic E-state index is 12.9. The van der Waals surface area contributed by atoms with Gasteiger partial charge in [-0.2, -0.15) is 0 Å². The summed E-state index contributed by atoms with van der Waals surface area (Å²) < 4.78 is 12.9. The van der Waals surface area contributed by atoms with Crippen LogP contribution in [0.15, 0.2) is 77.7 Å². The van der Waals surface area contributed by atoms with Gasteiger partial charge in [0.1, 0.15) is 5.82 Å². The lowest BCUT2D eigenvalue weighted by Gasteiger charge is -2.07. The van der Waals surface area contributed by atoms with Crippen LogP contribution in [0, 0.1) is 5.82 Å². The maximum absolute atomic E-state index is 12.9. The van der Waals surface area contributed by atoms with E-state index in [1.54, 1.807) is 48.2 Å². The molecule has 0 aromatic heterocycles. The molecule has 0 atom stereocenters. The number of carbonyl (C=O) groups is 1. The van der Waals surface area contributed by atoms with E-state index < -0.39 is 0 Å². The van der Waals surface area contributed by atoms with Crippen LogP contribution in [0.2, 0.25) is 5.02 Å². The monoisotopic (exact) mass is 371 g/mol. The lowest BCUT2D eigenvalue weighted by Crippen LogP contribution is -2.11. The molecule has 126 valence electrons. The molecular weight excluding hydrogens is 357 g/mol. The Balaban J connectivity index is 1.57. The molecule has 1 amide bonds. The summed E-state index contributed by atoms with van der Waals surface area (Å²) in [7, 11) is 0. The first-order valence-corrected chi connectivity index (χ1v) is 9.01.